The molecule has 3 N–H and O–H groups in total. The minimum atomic E-state index is -0.0498. The number of hydrogen-bond donors (Lipinski definition) is 2. The van der Waals surface area contributed by atoms with E-state index >= 15 is 0 Å². The van der Waals surface area contributed by atoms with Crippen molar-refractivity contribution in [3.63, 3.8) is 0 Å². The Hall–Kier alpha value is -0.450. The van der Waals surface area contributed by atoms with Gasteiger partial charge in [-0.2, -0.15) is 0 Å². The van der Waals surface area contributed by atoms with Crippen LogP contribution < -0.4 is 5.73 Å². The average Bonchev–Trinajstić information content (AvgIpc) is 2.36. The van der Waals surface area contributed by atoms with E-state index in [1.165, 1.54) is 0 Å². The average molecular weight is 172 g/mol. The van der Waals surface area contributed by atoms with Crippen molar-refractivity contribution in [2.45, 2.75) is 19.4 Å². The summed E-state index contributed by atoms with van der Waals surface area (Å²) in [4.78, 5) is 5.13. The van der Waals surface area contributed by atoms with Crippen LogP contribution in [-0.2, 0) is 0 Å². The summed E-state index contributed by atoms with van der Waals surface area (Å²) in [5, 5.41) is 9.63. The maximum absolute atomic E-state index is 8.61. The molecule has 1 aromatic rings. The van der Waals surface area contributed by atoms with Crippen LogP contribution >= 0.6 is 11.3 Å². The Morgan fingerprint density at radius 2 is 2.55 bits per heavy atom. The van der Waals surface area contributed by atoms with Crippen LogP contribution in [0, 0.1) is 6.92 Å². The topological polar surface area (TPSA) is 59.1 Å². The van der Waals surface area contributed by atoms with Gasteiger partial charge in [-0.15, -0.1) is 11.3 Å². The Balaban J connectivity index is 2.60. The van der Waals surface area contributed by atoms with Gasteiger partial charge in [-0.25, -0.2) is 4.98 Å². The van der Waals surface area contributed by atoms with Crippen molar-refractivity contribution in [1.29, 1.82) is 0 Å². The van der Waals surface area contributed by atoms with Gasteiger partial charge in [-0.1, -0.05) is 0 Å². The second-order valence-electron chi connectivity index (χ2n) is 2.40. The molecule has 1 atom stereocenters. The van der Waals surface area contributed by atoms with Crippen molar-refractivity contribution in [3.05, 3.63) is 16.1 Å². The van der Waals surface area contributed by atoms with E-state index < -0.39 is 0 Å². The number of nitrogens with zero attached hydrogens (tertiary/aromatic N) is 1. The van der Waals surface area contributed by atoms with Crippen molar-refractivity contribution in [3.8, 4) is 0 Å². The fourth-order valence-electron chi connectivity index (χ4n) is 0.831. The molecule has 1 aromatic heterocycles. The highest BCUT2D eigenvalue weighted by molar-refractivity contribution is 7.11. The van der Waals surface area contributed by atoms with E-state index in [4.69, 9.17) is 10.8 Å². The van der Waals surface area contributed by atoms with Gasteiger partial charge >= 0.3 is 0 Å². The maximum Gasteiger partial charge on any atom is 0.0897 e. The summed E-state index contributed by atoms with van der Waals surface area (Å²) in [6.45, 7) is 2.08. The molecule has 0 bridgehead atoms. The minimum absolute atomic E-state index is 0.0498. The van der Waals surface area contributed by atoms with Crippen molar-refractivity contribution in [1.82, 2.24) is 4.98 Å². The van der Waals surface area contributed by atoms with Crippen molar-refractivity contribution in [2.75, 3.05) is 6.61 Å². The van der Waals surface area contributed by atoms with Crippen LogP contribution in [0.5, 0.6) is 0 Å². The number of nitrogens with two attached hydrogens (primary N) is 1. The first kappa shape index (κ1) is 8.64. The Morgan fingerprint density at radius 3 is 3.00 bits per heavy atom. The van der Waals surface area contributed by atoms with Crippen LogP contribution in [0.25, 0.3) is 0 Å². The van der Waals surface area contributed by atoms with Crippen LogP contribution in [0.15, 0.2) is 6.20 Å². The zero-order valence-corrected chi connectivity index (χ0v) is 7.27. The molecule has 1 rings (SSSR count). The van der Waals surface area contributed by atoms with E-state index in [9.17, 15) is 0 Å². The van der Waals surface area contributed by atoms with Crippen LogP contribution in [0.4, 0.5) is 0 Å². The van der Waals surface area contributed by atoms with E-state index in [0.29, 0.717) is 6.42 Å². The third-order valence-corrected chi connectivity index (χ3v) is 2.49. The van der Waals surface area contributed by atoms with Gasteiger partial charge in [0.05, 0.1) is 5.01 Å². The second kappa shape index (κ2) is 3.80. The quantitative estimate of drug-likeness (QED) is 0.710. The normalized spacial score (nSPS) is 13.4. The van der Waals surface area contributed by atoms with E-state index in [2.05, 4.69) is 4.98 Å². The van der Waals surface area contributed by atoms with Crippen molar-refractivity contribution < 1.29 is 5.11 Å². The van der Waals surface area contributed by atoms with Crippen LogP contribution in [0.1, 0.15) is 22.3 Å². The van der Waals surface area contributed by atoms with Gasteiger partial charge < -0.3 is 10.8 Å². The third kappa shape index (κ3) is 2.25. The number of aliphatic hydroxyl groups is 1. The number of thiazole rings is 1. The number of rotatable bonds is 3. The van der Waals surface area contributed by atoms with E-state index in [-0.39, 0.29) is 12.6 Å². The summed E-state index contributed by atoms with van der Waals surface area (Å²) >= 11 is 1.59. The molecule has 4 heteroatoms. The van der Waals surface area contributed by atoms with Gasteiger partial charge in [0.2, 0.25) is 0 Å². The smallest absolute Gasteiger partial charge is 0.0897 e. The molecule has 0 saturated carbocycles. The van der Waals surface area contributed by atoms with E-state index in [1.54, 1.807) is 17.5 Å². The second-order valence-corrected chi connectivity index (χ2v) is 3.67. The maximum atomic E-state index is 8.61. The van der Waals surface area contributed by atoms with Crippen molar-refractivity contribution in [2.24, 2.45) is 5.73 Å². The molecule has 0 radical (unpaired) electrons. The Labute approximate surface area is 69.9 Å². The largest absolute Gasteiger partial charge is 0.396 e. The molecule has 11 heavy (non-hydrogen) atoms. The lowest BCUT2D eigenvalue weighted by Gasteiger charge is -2.04. The zero-order valence-electron chi connectivity index (χ0n) is 6.45. The van der Waals surface area contributed by atoms with Crippen molar-refractivity contribution >= 4 is 11.3 Å². The molecule has 62 valence electrons. The highest BCUT2D eigenvalue weighted by Gasteiger charge is 2.07. The van der Waals surface area contributed by atoms with E-state index in [1.807, 2.05) is 6.92 Å². The molecule has 0 aliphatic heterocycles. The Bertz CT molecular complexity index is 224. The summed E-state index contributed by atoms with van der Waals surface area (Å²) in [6, 6.07) is -0.0498. The van der Waals surface area contributed by atoms with Crippen LogP contribution in [0.3, 0.4) is 0 Å². The predicted molar refractivity (Wildman–Crippen MR) is 45.5 cm³/mol. The minimum Gasteiger partial charge on any atom is -0.396 e. The van der Waals surface area contributed by atoms with Crippen LogP contribution in [-0.4, -0.2) is 16.7 Å². The lowest BCUT2D eigenvalue weighted by atomic mass is 10.2. The van der Waals surface area contributed by atoms with Gasteiger partial charge in [0.15, 0.2) is 0 Å². The molecule has 0 spiro atoms. The molecule has 0 amide bonds. The molecule has 0 unspecified atom stereocenters. The van der Waals surface area contributed by atoms with Gasteiger partial charge in [0.1, 0.15) is 0 Å². The van der Waals surface area contributed by atoms with E-state index in [0.717, 1.165) is 9.88 Å². The summed E-state index contributed by atoms with van der Waals surface area (Å²) in [7, 11) is 0. The first-order valence-corrected chi connectivity index (χ1v) is 4.34. The number of aryl methyl sites for hydroxylation is 1. The summed E-state index contributed by atoms with van der Waals surface area (Å²) in [5.74, 6) is 0. The molecule has 0 aliphatic carbocycles. The third-order valence-electron chi connectivity index (χ3n) is 1.44. The predicted octanol–water partition coefficient (Wildman–Crippen LogP) is 0.834. The fraction of sp³-hybridized carbons (Fsp3) is 0.571. The molecule has 0 aromatic carbocycles. The van der Waals surface area contributed by atoms with Gasteiger partial charge in [0.25, 0.3) is 0 Å². The lowest BCUT2D eigenvalue weighted by molar-refractivity contribution is 0.277. The molecule has 0 aliphatic rings. The summed E-state index contributed by atoms with van der Waals surface area (Å²) in [6.07, 6.45) is 2.39. The molecular formula is C7H12N2OS. The SMILES string of the molecule is Cc1ncc([C@@H](N)CCO)s1. The molecule has 0 fully saturated rings. The van der Waals surface area contributed by atoms with Gasteiger partial charge in [-0.05, 0) is 13.3 Å². The molecule has 3 nitrogen and oxygen atoms in total. The highest BCUT2D eigenvalue weighted by atomic mass is 32.1. The van der Waals surface area contributed by atoms with Gasteiger partial charge in [-0.3, -0.25) is 0 Å². The number of hydrogen-bond acceptors (Lipinski definition) is 4. The summed E-state index contributed by atoms with van der Waals surface area (Å²) < 4.78 is 0. The highest BCUT2D eigenvalue weighted by Crippen LogP contribution is 2.20. The Morgan fingerprint density at radius 1 is 1.82 bits per heavy atom. The molecular weight excluding hydrogens is 160 g/mol. The molecule has 0 saturated heterocycles. The zero-order chi connectivity index (χ0) is 8.27. The number of aromatic nitrogens is 1. The lowest BCUT2D eigenvalue weighted by Crippen LogP contribution is -2.09. The first-order valence-electron chi connectivity index (χ1n) is 3.53. The Kier molecular flexibility index (Phi) is 2.99. The van der Waals surface area contributed by atoms with Gasteiger partial charge in [0, 0.05) is 23.7 Å². The fourth-order valence-corrected chi connectivity index (χ4v) is 1.65. The van der Waals surface area contributed by atoms with Crippen LogP contribution in [0.2, 0.25) is 0 Å². The first-order chi connectivity index (χ1) is 5.24. The molecule has 1 heterocycles. The monoisotopic (exact) mass is 172 g/mol. The standard InChI is InChI=1S/C7H12N2OS/c1-5-9-4-7(11-5)6(8)2-3-10/h4,6,10H,2-3,8H2,1H3/t6-/m0/s1. The number of aliphatic hydroxyl groups excluding tert-OH is 1. The summed E-state index contributed by atoms with van der Waals surface area (Å²) in [5.41, 5.74) is 5.73.